The van der Waals surface area contributed by atoms with E-state index in [0.29, 0.717) is 101 Å². The normalized spacial score (nSPS) is 21.5. The Morgan fingerprint density at radius 2 is 1.51 bits per heavy atom. The Kier molecular flexibility index (Phi) is 26.0. The average Bonchev–Trinajstić information content (AvgIpc) is 1.56. The average molecular weight is 1540 g/mol. The van der Waals surface area contributed by atoms with Crippen molar-refractivity contribution in [1.82, 2.24) is 40.3 Å². The second kappa shape index (κ2) is 34.6. The number of hydrogen-bond donors (Lipinski definition) is 5. The van der Waals surface area contributed by atoms with Gasteiger partial charge >= 0.3 is 5.51 Å². The van der Waals surface area contributed by atoms with Crippen LogP contribution in [0.1, 0.15) is 145 Å². The van der Waals surface area contributed by atoms with Crippen LogP contribution in [0.25, 0.3) is 5.57 Å². The topological polar surface area (TPSA) is 248 Å². The molecule has 4 fully saturated rings. The van der Waals surface area contributed by atoms with Crippen LogP contribution in [0.5, 0.6) is 5.75 Å². The Morgan fingerprint density at radius 3 is 2.22 bits per heavy atom. The number of nitrogens with zero attached hydrogens (tertiary/aromatic N) is 5. The van der Waals surface area contributed by atoms with Crippen LogP contribution in [-0.4, -0.2) is 193 Å². The molecule has 4 heterocycles. The SMILES string of the molecule is CNC(C)C(=O)NC1CCOC2CC(C)(C)C(C(=O)NC3CCCc4cc(OCCCCCC(=O)N5CCN(CCC(CSc6ccccc6)Nc6ccc(S(=O)(=O)NC(=O)c7ccc(N8CCN(CC9=C(c%10ccc(Cl)cc%10)CCC(C)(C)C9)CC8)cc7)cc6S(=O)(=O)C(F)(F)F)CC5)ccc43)N2C1=O. The lowest BCUT2D eigenvalue weighted by Crippen LogP contribution is -2.58. The van der Waals surface area contributed by atoms with E-state index in [1.165, 1.54) is 40.6 Å². The molecule has 5 N–H and O–H groups in total. The molecule has 6 atom stereocenters. The number of amides is 5. The lowest BCUT2D eigenvalue weighted by atomic mass is 9.73. The van der Waals surface area contributed by atoms with Crippen molar-refractivity contribution < 1.29 is 63.5 Å². The van der Waals surface area contributed by atoms with Crippen LogP contribution in [-0.2, 0) is 50.2 Å². The first-order valence-electron chi connectivity index (χ1n) is 36.9. The number of piperazine rings is 2. The number of nitrogens with one attached hydrogen (secondary N) is 5. The molecule has 4 aliphatic heterocycles. The lowest BCUT2D eigenvalue weighted by Gasteiger charge is -2.39. The highest BCUT2D eigenvalue weighted by Crippen LogP contribution is 2.46. The number of sulfone groups is 1. The fourth-order valence-electron chi connectivity index (χ4n) is 15.4. The van der Waals surface area contributed by atoms with E-state index in [4.69, 9.17) is 21.1 Å². The van der Waals surface area contributed by atoms with E-state index in [1.807, 2.05) is 84.1 Å². The maximum absolute atomic E-state index is 14.6. The zero-order valence-corrected chi connectivity index (χ0v) is 64.5. The molecular weight excluding hydrogens is 1440 g/mol. The fraction of sp³-hybridized carbons (Fsp3) is 0.526. The van der Waals surface area contributed by atoms with E-state index in [2.05, 4.69) is 61.9 Å². The van der Waals surface area contributed by atoms with Crippen LogP contribution in [0.3, 0.4) is 0 Å². The van der Waals surface area contributed by atoms with Gasteiger partial charge in [0.2, 0.25) is 23.6 Å². The highest BCUT2D eigenvalue weighted by atomic mass is 35.5. The summed E-state index contributed by atoms with van der Waals surface area (Å²) in [6.45, 7) is 17.3. The summed E-state index contributed by atoms with van der Waals surface area (Å²) in [7, 11) is -9.42. The first kappa shape index (κ1) is 79.8. The third kappa shape index (κ3) is 19.8. The third-order valence-electron chi connectivity index (χ3n) is 21.5. The van der Waals surface area contributed by atoms with Crippen molar-refractivity contribution in [2.24, 2.45) is 10.8 Å². The highest BCUT2D eigenvalue weighted by Gasteiger charge is 2.55. The number of anilines is 2. The molecule has 5 amide bonds. The van der Waals surface area contributed by atoms with Crippen molar-refractivity contribution in [3.8, 4) is 5.75 Å². The van der Waals surface area contributed by atoms with Gasteiger partial charge < -0.3 is 45.4 Å². The number of likely N-dealkylation sites (N-methyl/N-ethyl adjacent to an activating group) is 1. The number of hydrogen-bond acceptors (Lipinski definition) is 17. The number of halogens is 4. The summed E-state index contributed by atoms with van der Waals surface area (Å²) in [5.74, 6) is -0.917. The quantitative estimate of drug-likeness (QED) is 0.0231. The lowest BCUT2D eigenvalue weighted by molar-refractivity contribution is -0.150. The van der Waals surface area contributed by atoms with Crippen molar-refractivity contribution in [2.45, 2.75) is 175 Å². The van der Waals surface area contributed by atoms with Crippen LogP contribution >= 0.6 is 23.4 Å². The van der Waals surface area contributed by atoms with Crippen molar-refractivity contribution in [3.05, 3.63) is 148 Å². The monoisotopic (exact) mass is 1540 g/mol. The number of aryl methyl sites for hydroxylation is 1. The molecule has 574 valence electrons. The summed E-state index contributed by atoms with van der Waals surface area (Å²) >= 11 is 7.64. The minimum atomic E-state index is -6.17. The Morgan fingerprint density at radius 1 is 0.792 bits per heavy atom. The van der Waals surface area contributed by atoms with Gasteiger partial charge in [0, 0.05) is 111 Å². The Balaban J connectivity index is 0.640. The molecule has 6 unspecified atom stereocenters. The van der Waals surface area contributed by atoms with E-state index in [1.54, 1.807) is 31.0 Å². The zero-order chi connectivity index (χ0) is 75.7. The van der Waals surface area contributed by atoms with Crippen molar-refractivity contribution >= 4 is 89.7 Å². The maximum Gasteiger partial charge on any atom is 0.501 e. The number of unbranched alkanes of at least 4 members (excludes halogenated alkanes) is 2. The standard InChI is InChI=1S/C78H100ClF3N10O11S3/c1-52(83-6)72(94)86-67-33-45-103-70-49-77(4,5)71(92(70)75(67)97)74(96)85-65-17-13-14-55-46-60(27-29-64(55)65)102-44-12-8-11-18-69(93)91-42-36-88(37-43-91)35-32-58(51-104-61-15-9-7-10-16-61)84-66-30-28-62(47-68(66)105(98,99)78(80,81)82)106(100,101)87-73(95)54-21-25-59(26-22-54)90-40-38-89(39-41-90)50-56-48-76(2,3)34-31-63(56)53-19-23-57(79)24-20-53/h7,9-10,15-16,19-30,46-47,52,58,65,67,70-71,83-84H,8,11-14,17-18,31-45,48-51H2,1-6H3,(H,85,96)(H,86,94)(H,87,95). The summed E-state index contributed by atoms with van der Waals surface area (Å²) < 4.78 is 113. The van der Waals surface area contributed by atoms with Crippen LogP contribution in [0.15, 0.2) is 136 Å². The summed E-state index contributed by atoms with van der Waals surface area (Å²) in [6, 6.07) is 29.0. The maximum atomic E-state index is 14.6. The molecule has 0 saturated carbocycles. The predicted molar refractivity (Wildman–Crippen MR) is 406 cm³/mol. The molecule has 106 heavy (non-hydrogen) atoms. The van der Waals surface area contributed by atoms with Crippen molar-refractivity contribution in [1.29, 1.82) is 0 Å². The molecule has 0 bridgehead atoms. The van der Waals surface area contributed by atoms with Gasteiger partial charge in [-0.25, -0.2) is 21.6 Å². The molecule has 0 spiro atoms. The number of rotatable bonds is 28. The smallest absolute Gasteiger partial charge is 0.494 e. The van der Waals surface area contributed by atoms with Gasteiger partial charge in [0.15, 0.2) is 0 Å². The molecule has 4 saturated heterocycles. The number of fused-ring (bicyclic) bond motifs is 2. The number of sulfonamides is 1. The summed E-state index contributed by atoms with van der Waals surface area (Å²) in [4.78, 5) is 77.2. The Hall–Kier alpha value is -7.24. The summed E-state index contributed by atoms with van der Waals surface area (Å²) in [5, 5.41) is 12.8. The molecule has 5 aromatic rings. The van der Waals surface area contributed by atoms with Crippen LogP contribution in [0.2, 0.25) is 5.02 Å². The van der Waals surface area contributed by atoms with Crippen LogP contribution in [0, 0.1) is 10.8 Å². The van der Waals surface area contributed by atoms with Crippen molar-refractivity contribution in [3.63, 3.8) is 0 Å². The molecular formula is C78H100ClF3N10O11S3. The number of allylic oxidation sites excluding steroid dienone is 1. The second-order valence-corrected chi connectivity index (χ2v) is 35.4. The van der Waals surface area contributed by atoms with Gasteiger partial charge in [0.1, 0.15) is 29.0 Å². The number of carbonyl (C=O) groups is 5. The Bertz CT molecular complexity index is 4220. The van der Waals surface area contributed by atoms with Gasteiger partial charge in [-0.1, -0.05) is 81.3 Å². The van der Waals surface area contributed by atoms with Gasteiger partial charge in [-0.3, -0.25) is 33.8 Å². The van der Waals surface area contributed by atoms with E-state index in [9.17, 15) is 54.0 Å². The number of benzene rings is 5. The number of thioether (sulfide) groups is 1. The van der Waals surface area contributed by atoms with E-state index in [0.717, 1.165) is 105 Å². The van der Waals surface area contributed by atoms with Gasteiger partial charge in [0.05, 0.1) is 35.9 Å². The summed E-state index contributed by atoms with van der Waals surface area (Å²) in [5.41, 5.74) is 0.212. The highest BCUT2D eigenvalue weighted by molar-refractivity contribution is 7.99. The van der Waals surface area contributed by atoms with Gasteiger partial charge in [-0.05, 0) is 197 Å². The molecule has 5 aromatic carbocycles. The molecule has 0 aromatic heterocycles. The number of alkyl halides is 3. The second-order valence-electron chi connectivity index (χ2n) is 30.3. The Labute approximate surface area is 630 Å². The minimum Gasteiger partial charge on any atom is -0.494 e. The van der Waals surface area contributed by atoms with Gasteiger partial charge in [-0.2, -0.15) is 13.2 Å². The van der Waals surface area contributed by atoms with E-state index < -0.39 is 82.6 Å². The van der Waals surface area contributed by atoms with Crippen LogP contribution in [0.4, 0.5) is 24.5 Å². The molecule has 11 rings (SSSR count). The zero-order valence-electron chi connectivity index (χ0n) is 61.3. The largest absolute Gasteiger partial charge is 0.501 e. The van der Waals surface area contributed by atoms with Gasteiger partial charge in [0.25, 0.3) is 25.8 Å². The van der Waals surface area contributed by atoms with E-state index in [-0.39, 0.29) is 53.0 Å². The first-order chi connectivity index (χ1) is 50.4. The first-order valence-corrected chi connectivity index (χ1v) is 41.3. The number of carbonyl (C=O) groups excluding carboxylic acids is 5. The third-order valence-corrected chi connectivity index (χ3v) is 25.8. The molecule has 21 nitrogen and oxygen atoms in total. The van der Waals surface area contributed by atoms with Crippen molar-refractivity contribution in [2.75, 3.05) is 102 Å². The summed E-state index contributed by atoms with van der Waals surface area (Å²) in [6.07, 6.45) is 8.51. The number of ether oxygens (including phenoxy) is 2. The molecule has 28 heteroatoms. The van der Waals surface area contributed by atoms with Crippen LogP contribution < -0.4 is 35.6 Å². The van der Waals surface area contributed by atoms with E-state index >= 15 is 0 Å². The molecule has 2 aliphatic carbocycles. The minimum absolute atomic E-state index is 0.0294. The molecule has 6 aliphatic rings. The predicted octanol–water partition coefficient (Wildman–Crippen LogP) is 11.2. The molecule has 0 radical (unpaired) electrons. The fourth-order valence-corrected chi connectivity index (χ4v) is 18.5. The van der Waals surface area contributed by atoms with Gasteiger partial charge in [-0.15, -0.1) is 11.8 Å².